The molecule has 2 amide bonds. The minimum atomic E-state index is -1.89. The van der Waals surface area contributed by atoms with Crippen LogP contribution in [0.4, 0.5) is 4.79 Å². The van der Waals surface area contributed by atoms with Crippen LogP contribution in [0.1, 0.15) is 42.3 Å². The number of carboxylic acid groups (broad SMARTS) is 1. The number of hydrogen-bond donors (Lipinski definition) is 4. The molecule has 0 aliphatic rings. The monoisotopic (exact) mass is 354 g/mol. The molecule has 0 saturated carbocycles. The normalized spacial score (nSPS) is 11.9. The van der Waals surface area contributed by atoms with Gasteiger partial charge in [0.2, 0.25) is 0 Å². The minimum Gasteiger partial charge on any atom is -0.464 e. The second-order valence-corrected chi connectivity index (χ2v) is 11.9. The summed E-state index contributed by atoms with van der Waals surface area (Å²) in [7, 11) is -1.89. The molecule has 0 aromatic heterocycles. The molecular formula is C16H26N2O5Si. The highest BCUT2D eigenvalue weighted by atomic mass is 28.4. The Morgan fingerprint density at radius 2 is 1.83 bits per heavy atom. The van der Waals surface area contributed by atoms with Crippen molar-refractivity contribution in [3.63, 3.8) is 0 Å². The van der Waals surface area contributed by atoms with Crippen LogP contribution in [0.3, 0.4) is 0 Å². The molecule has 7 nitrogen and oxygen atoms in total. The summed E-state index contributed by atoms with van der Waals surface area (Å²) in [6.45, 7) is 10.8. The average molecular weight is 354 g/mol. The number of aliphatic hydroxyl groups is 1. The number of benzene rings is 1. The minimum absolute atomic E-state index is 0.0924. The van der Waals surface area contributed by atoms with Crippen LogP contribution in [-0.4, -0.2) is 30.5 Å². The zero-order valence-electron chi connectivity index (χ0n) is 14.8. The largest absolute Gasteiger partial charge is 0.464 e. The number of amides is 2. The Morgan fingerprint density at radius 3 is 2.33 bits per heavy atom. The third-order valence-electron chi connectivity index (χ3n) is 4.27. The molecule has 8 heteroatoms. The van der Waals surface area contributed by atoms with Crippen molar-refractivity contribution in [1.82, 2.24) is 10.9 Å². The summed E-state index contributed by atoms with van der Waals surface area (Å²) in [5.41, 5.74) is 5.31. The molecule has 0 heterocycles. The molecule has 0 aliphatic heterocycles. The van der Waals surface area contributed by atoms with E-state index in [1.165, 1.54) is 0 Å². The molecule has 0 spiro atoms. The molecule has 0 saturated heterocycles. The number of hydrazine groups is 1. The Balaban J connectivity index is 2.87. The highest BCUT2D eigenvalue weighted by Gasteiger charge is 2.37. The summed E-state index contributed by atoms with van der Waals surface area (Å²) >= 11 is 0. The number of hydrogen-bond acceptors (Lipinski definition) is 4. The van der Waals surface area contributed by atoms with E-state index in [2.05, 4.69) is 33.9 Å². The van der Waals surface area contributed by atoms with Crippen LogP contribution in [-0.2, 0) is 17.6 Å². The number of nitrogens with one attached hydrogen (secondary N) is 2. The van der Waals surface area contributed by atoms with E-state index in [1.807, 2.05) is 5.43 Å². The lowest BCUT2D eigenvalue weighted by molar-refractivity contribution is 0.0923. The first-order chi connectivity index (χ1) is 11.0. The van der Waals surface area contributed by atoms with Crippen LogP contribution in [0.15, 0.2) is 18.2 Å². The molecule has 24 heavy (non-hydrogen) atoms. The van der Waals surface area contributed by atoms with E-state index in [9.17, 15) is 14.7 Å². The fraction of sp³-hybridized carbons (Fsp3) is 0.500. The Morgan fingerprint density at radius 1 is 1.21 bits per heavy atom. The summed E-state index contributed by atoms with van der Waals surface area (Å²) < 4.78 is 6.13. The topological polar surface area (TPSA) is 108 Å². The zero-order valence-corrected chi connectivity index (χ0v) is 15.8. The zero-order chi connectivity index (χ0) is 18.5. The molecule has 1 aromatic carbocycles. The fourth-order valence-electron chi connectivity index (χ4n) is 1.75. The first kappa shape index (κ1) is 20.1. The predicted molar refractivity (Wildman–Crippen MR) is 93.0 cm³/mol. The molecule has 0 bridgehead atoms. The van der Waals surface area contributed by atoms with E-state index in [0.717, 1.165) is 5.56 Å². The Hall–Kier alpha value is -1.90. The fourth-order valence-corrected chi connectivity index (χ4v) is 2.71. The lowest BCUT2D eigenvalue weighted by Crippen LogP contribution is -2.41. The van der Waals surface area contributed by atoms with E-state index in [0.29, 0.717) is 12.2 Å². The van der Waals surface area contributed by atoms with Gasteiger partial charge in [0.1, 0.15) is 0 Å². The SMILES string of the molecule is CC(C)(C)[Si](C)(C)OCc1ccc(C(=O)NNC(=O)O)c(CO)c1. The second-order valence-electron chi connectivity index (χ2n) is 7.08. The lowest BCUT2D eigenvalue weighted by Gasteiger charge is -2.36. The lowest BCUT2D eigenvalue weighted by atomic mass is 10.0. The number of aliphatic hydroxyl groups excluding tert-OH is 1. The quantitative estimate of drug-likeness (QED) is 0.480. The molecule has 0 atom stereocenters. The van der Waals surface area contributed by atoms with Crippen molar-refractivity contribution in [2.24, 2.45) is 0 Å². The van der Waals surface area contributed by atoms with Crippen molar-refractivity contribution in [2.45, 2.75) is 52.1 Å². The Labute approximate surface area is 143 Å². The van der Waals surface area contributed by atoms with Gasteiger partial charge in [-0.3, -0.25) is 10.2 Å². The van der Waals surface area contributed by atoms with Gasteiger partial charge in [-0.1, -0.05) is 32.9 Å². The number of rotatable bonds is 5. The van der Waals surface area contributed by atoms with Crippen LogP contribution in [0, 0.1) is 0 Å². The average Bonchev–Trinajstić information content (AvgIpc) is 2.49. The van der Waals surface area contributed by atoms with Crippen LogP contribution in [0.2, 0.25) is 18.1 Å². The molecule has 4 N–H and O–H groups in total. The van der Waals surface area contributed by atoms with Crippen LogP contribution >= 0.6 is 0 Å². The van der Waals surface area contributed by atoms with Crippen molar-refractivity contribution in [3.05, 3.63) is 34.9 Å². The van der Waals surface area contributed by atoms with Gasteiger partial charge >= 0.3 is 6.09 Å². The van der Waals surface area contributed by atoms with Gasteiger partial charge in [-0.25, -0.2) is 10.2 Å². The Bertz CT molecular complexity index is 611. The van der Waals surface area contributed by atoms with E-state index in [-0.39, 0.29) is 17.2 Å². The first-order valence-electron chi connectivity index (χ1n) is 7.64. The second kappa shape index (κ2) is 7.78. The third-order valence-corrected chi connectivity index (χ3v) is 8.75. The van der Waals surface area contributed by atoms with Gasteiger partial charge in [0.05, 0.1) is 13.2 Å². The standard InChI is InChI=1S/C16H26N2O5Si/c1-16(2,3)24(4,5)23-10-11-6-7-13(12(8-11)9-19)14(20)17-18-15(21)22/h6-8,18-19H,9-10H2,1-5H3,(H,17,20)(H,21,22). The van der Waals surface area contributed by atoms with Gasteiger partial charge in [0.25, 0.3) is 5.91 Å². The van der Waals surface area contributed by atoms with Gasteiger partial charge in [-0.15, -0.1) is 0 Å². The van der Waals surface area contributed by atoms with Crippen molar-refractivity contribution in [2.75, 3.05) is 0 Å². The maximum absolute atomic E-state index is 11.9. The third kappa shape index (κ3) is 5.33. The van der Waals surface area contributed by atoms with E-state index < -0.39 is 20.3 Å². The number of carbonyl (C=O) groups is 2. The van der Waals surface area contributed by atoms with Crippen LogP contribution < -0.4 is 10.9 Å². The summed E-state index contributed by atoms with van der Waals surface area (Å²) in [5, 5.41) is 18.1. The predicted octanol–water partition coefficient (Wildman–Crippen LogP) is 2.61. The highest BCUT2D eigenvalue weighted by molar-refractivity contribution is 6.74. The molecule has 0 radical (unpaired) electrons. The molecule has 1 rings (SSSR count). The first-order valence-corrected chi connectivity index (χ1v) is 10.5. The molecule has 134 valence electrons. The van der Waals surface area contributed by atoms with Gasteiger partial charge in [-0.2, -0.15) is 0 Å². The van der Waals surface area contributed by atoms with Gasteiger partial charge in [-0.05, 0) is 35.3 Å². The molecular weight excluding hydrogens is 328 g/mol. The van der Waals surface area contributed by atoms with E-state index >= 15 is 0 Å². The molecule has 0 aliphatic carbocycles. The van der Waals surface area contributed by atoms with E-state index in [4.69, 9.17) is 9.53 Å². The Kier molecular flexibility index (Phi) is 6.53. The van der Waals surface area contributed by atoms with E-state index in [1.54, 1.807) is 23.6 Å². The summed E-state index contributed by atoms with van der Waals surface area (Å²) in [6.07, 6.45) is -1.37. The van der Waals surface area contributed by atoms with Crippen molar-refractivity contribution >= 4 is 20.3 Å². The summed E-state index contributed by atoms with van der Waals surface area (Å²) in [6, 6.07) is 4.99. The van der Waals surface area contributed by atoms with Crippen LogP contribution in [0.5, 0.6) is 0 Å². The molecule has 0 fully saturated rings. The van der Waals surface area contributed by atoms with Gasteiger partial charge in [0, 0.05) is 5.56 Å². The summed E-state index contributed by atoms with van der Waals surface area (Å²) in [4.78, 5) is 22.3. The van der Waals surface area contributed by atoms with Crippen molar-refractivity contribution in [1.29, 1.82) is 0 Å². The van der Waals surface area contributed by atoms with Crippen molar-refractivity contribution in [3.8, 4) is 0 Å². The maximum atomic E-state index is 11.9. The maximum Gasteiger partial charge on any atom is 0.423 e. The van der Waals surface area contributed by atoms with Crippen molar-refractivity contribution < 1.29 is 24.2 Å². The van der Waals surface area contributed by atoms with Crippen LogP contribution in [0.25, 0.3) is 0 Å². The molecule has 0 unspecified atom stereocenters. The number of carbonyl (C=O) groups excluding carboxylic acids is 1. The smallest absolute Gasteiger partial charge is 0.423 e. The van der Waals surface area contributed by atoms with Gasteiger partial charge in [0.15, 0.2) is 8.32 Å². The summed E-state index contributed by atoms with van der Waals surface area (Å²) in [5.74, 6) is -0.627. The highest BCUT2D eigenvalue weighted by Crippen LogP contribution is 2.37. The molecule has 1 aromatic rings. The van der Waals surface area contributed by atoms with Gasteiger partial charge < -0.3 is 14.6 Å².